The lowest BCUT2D eigenvalue weighted by molar-refractivity contribution is -0.120. The number of urea groups is 1. The number of amides is 5. The summed E-state index contributed by atoms with van der Waals surface area (Å²) in [6.07, 6.45) is 8.80. The molecule has 9 rings (SSSR count). The van der Waals surface area contributed by atoms with Crippen molar-refractivity contribution in [1.82, 2.24) is 40.2 Å². The zero-order valence-electron chi connectivity index (χ0n) is 38.8. The maximum absolute atomic E-state index is 15.0. The summed E-state index contributed by atoms with van der Waals surface area (Å²) in [5.41, 5.74) is 4.34. The number of nitrogens with zero attached hydrogens (tertiary/aromatic N) is 7. The predicted octanol–water partition coefficient (Wildman–Crippen LogP) is 7.25. The van der Waals surface area contributed by atoms with Crippen LogP contribution in [0.2, 0.25) is 0 Å². The van der Waals surface area contributed by atoms with E-state index in [0.29, 0.717) is 68.0 Å². The molecule has 0 spiro atoms. The quantitative estimate of drug-likeness (QED) is 0.0993. The number of rotatable bonds is 15. The lowest BCUT2D eigenvalue weighted by Gasteiger charge is -2.35. The van der Waals surface area contributed by atoms with Crippen LogP contribution in [0.1, 0.15) is 70.0 Å². The summed E-state index contributed by atoms with van der Waals surface area (Å²) < 4.78 is 63.1. The minimum atomic E-state index is -1.56. The van der Waals surface area contributed by atoms with E-state index >= 15 is 4.39 Å². The Morgan fingerprint density at radius 1 is 0.843 bits per heavy atom. The molecule has 0 radical (unpaired) electrons. The Labute approximate surface area is 401 Å². The van der Waals surface area contributed by atoms with E-state index in [-0.39, 0.29) is 55.9 Å². The van der Waals surface area contributed by atoms with Gasteiger partial charge in [-0.3, -0.25) is 34.2 Å². The van der Waals surface area contributed by atoms with Crippen LogP contribution in [0.4, 0.5) is 23.7 Å². The highest BCUT2D eigenvalue weighted by atomic mass is 19.2. The zero-order chi connectivity index (χ0) is 48.9. The van der Waals surface area contributed by atoms with E-state index in [4.69, 9.17) is 19.3 Å². The van der Waals surface area contributed by atoms with Crippen molar-refractivity contribution in [2.45, 2.75) is 51.7 Å². The summed E-state index contributed by atoms with van der Waals surface area (Å²) in [7, 11) is 1.51. The summed E-state index contributed by atoms with van der Waals surface area (Å²) >= 11 is 0. The topological polar surface area (TPSA) is 173 Å². The first-order chi connectivity index (χ1) is 33.9. The highest BCUT2D eigenvalue weighted by molar-refractivity contribution is 6.06. The van der Waals surface area contributed by atoms with Gasteiger partial charge in [-0.1, -0.05) is 30.3 Å². The average Bonchev–Trinajstić information content (AvgIpc) is 3.81. The number of aromatic nitrogens is 4. The van der Waals surface area contributed by atoms with Crippen LogP contribution in [0.15, 0.2) is 85.3 Å². The minimum Gasteiger partial charge on any atom is -0.497 e. The highest BCUT2D eigenvalue weighted by Crippen LogP contribution is 2.34. The van der Waals surface area contributed by atoms with Gasteiger partial charge in [0.05, 0.1) is 24.2 Å². The first-order valence-corrected chi connectivity index (χ1v) is 23.3. The van der Waals surface area contributed by atoms with Gasteiger partial charge in [-0.25, -0.2) is 23.5 Å². The molecular formula is C51H52F3N9O7. The van der Waals surface area contributed by atoms with Crippen LogP contribution in [0, 0.1) is 30.3 Å². The Morgan fingerprint density at radius 3 is 2.33 bits per heavy atom. The molecule has 2 aliphatic heterocycles. The highest BCUT2D eigenvalue weighted by Gasteiger charge is 2.29. The molecule has 6 aromatic rings. The molecule has 0 bridgehead atoms. The fourth-order valence-corrected chi connectivity index (χ4v) is 9.09. The van der Waals surface area contributed by atoms with E-state index in [9.17, 15) is 28.0 Å². The van der Waals surface area contributed by atoms with E-state index in [1.165, 1.54) is 12.0 Å². The summed E-state index contributed by atoms with van der Waals surface area (Å²) in [5, 5.41) is 10.9. The summed E-state index contributed by atoms with van der Waals surface area (Å²) in [4.78, 5) is 64.9. The number of benzene rings is 4. The van der Waals surface area contributed by atoms with Crippen molar-refractivity contribution in [3.63, 3.8) is 0 Å². The number of methoxy groups -OCH3 is 1. The summed E-state index contributed by atoms with van der Waals surface area (Å²) in [6.45, 7) is 5.57. The van der Waals surface area contributed by atoms with E-state index in [1.807, 2.05) is 42.1 Å². The van der Waals surface area contributed by atoms with Crippen molar-refractivity contribution in [2.75, 3.05) is 64.4 Å². The van der Waals surface area contributed by atoms with Gasteiger partial charge in [-0.2, -0.15) is 9.49 Å². The molecule has 1 aliphatic carbocycles. The van der Waals surface area contributed by atoms with Crippen LogP contribution in [0.3, 0.4) is 0 Å². The Kier molecular flexibility index (Phi) is 14.2. The van der Waals surface area contributed by atoms with Gasteiger partial charge in [0.15, 0.2) is 17.4 Å². The van der Waals surface area contributed by atoms with Crippen LogP contribution in [-0.2, 0) is 11.4 Å². The third kappa shape index (κ3) is 10.7. The second-order valence-corrected chi connectivity index (χ2v) is 17.8. The number of imide groups is 1. The number of nitrogens with one attached hydrogen (secondary N) is 2. The Hall–Kier alpha value is -7.54. The Morgan fingerprint density at radius 2 is 1.60 bits per heavy atom. The fraction of sp³-hybridized carbons (Fsp3) is 0.353. The number of aryl methyl sites for hydroxylation is 1. The van der Waals surface area contributed by atoms with Gasteiger partial charge in [0, 0.05) is 93.0 Å². The lowest BCUT2D eigenvalue weighted by atomic mass is 9.86. The van der Waals surface area contributed by atoms with E-state index in [1.54, 1.807) is 53.7 Å². The molecule has 4 heterocycles. The second kappa shape index (κ2) is 21.0. The zero-order valence-corrected chi connectivity index (χ0v) is 38.8. The molecule has 3 aliphatic rings. The molecule has 2 N–H and O–H groups in total. The molecule has 16 nitrogen and oxygen atoms in total. The number of carbonyl (C=O) groups is 4. The molecule has 19 heteroatoms. The maximum Gasteiger partial charge on any atom is 0.328 e. The van der Waals surface area contributed by atoms with Gasteiger partial charge in [0.25, 0.3) is 11.8 Å². The van der Waals surface area contributed by atoms with Crippen molar-refractivity contribution >= 4 is 40.3 Å². The minimum absolute atomic E-state index is 0.0940. The number of anilines is 1. The molecular weight excluding hydrogens is 908 g/mol. The van der Waals surface area contributed by atoms with Crippen LogP contribution < -0.4 is 29.7 Å². The van der Waals surface area contributed by atoms with Gasteiger partial charge in [0.2, 0.25) is 11.7 Å². The number of hydrogen-bond donors (Lipinski definition) is 2. The van der Waals surface area contributed by atoms with Crippen LogP contribution in [0.25, 0.3) is 22.0 Å². The number of carbonyl (C=O) groups excluding carboxylic acids is 4. The van der Waals surface area contributed by atoms with Crippen LogP contribution in [-0.4, -0.2) is 113 Å². The molecule has 0 unspecified atom stereocenters. The fourth-order valence-electron chi connectivity index (χ4n) is 9.09. The standard InChI is InChI=1S/C51H52F3N9O7/c1-31-3-8-35(24-43(31)62-16-15-44(64)58-51(62)67)49(66)61-19-17-60(18-20-61)21-22-69-50-56-27-37(28-57-50)34-9-10-36-29-63(59-42(36)23-34)38-11-4-32(5-12-38)26-55-48(65)40-25-41(52)47(46(54)45(40)53)70-30-33-6-13-39(68-2)14-7-33/h3,6-10,13-14,23-25,27-29,32,38H,4-5,11-12,15-22,26,30H2,1-2H3,(H,55,65)(H,58,64,67). The van der Waals surface area contributed by atoms with E-state index in [0.717, 1.165) is 53.3 Å². The van der Waals surface area contributed by atoms with Crippen molar-refractivity contribution < 1.29 is 46.6 Å². The number of fused-ring (bicyclic) bond motifs is 1. The molecule has 1 saturated carbocycles. The third-order valence-electron chi connectivity index (χ3n) is 13.2. The van der Waals surface area contributed by atoms with Crippen LogP contribution in [0.5, 0.6) is 17.5 Å². The smallest absolute Gasteiger partial charge is 0.328 e. The van der Waals surface area contributed by atoms with Gasteiger partial charge in [0.1, 0.15) is 19.0 Å². The number of piperazine rings is 1. The molecule has 2 aromatic heterocycles. The first kappa shape index (κ1) is 47.5. The second-order valence-electron chi connectivity index (χ2n) is 17.8. The molecule has 0 atom stereocenters. The molecule has 2 saturated heterocycles. The van der Waals surface area contributed by atoms with E-state index < -0.39 is 40.7 Å². The van der Waals surface area contributed by atoms with Crippen molar-refractivity contribution in [3.05, 3.63) is 125 Å². The average molecular weight is 960 g/mol. The van der Waals surface area contributed by atoms with Crippen molar-refractivity contribution in [1.29, 1.82) is 0 Å². The van der Waals surface area contributed by atoms with Gasteiger partial charge in [-0.05, 0) is 91.6 Å². The van der Waals surface area contributed by atoms with Gasteiger partial charge < -0.3 is 24.4 Å². The molecule has 4 aromatic carbocycles. The number of halogens is 3. The largest absolute Gasteiger partial charge is 0.497 e. The monoisotopic (exact) mass is 959 g/mol. The van der Waals surface area contributed by atoms with Crippen LogP contribution >= 0.6 is 0 Å². The molecule has 3 fully saturated rings. The normalized spacial score (nSPS) is 17.6. The molecule has 5 amide bonds. The molecule has 364 valence electrons. The molecule has 70 heavy (non-hydrogen) atoms. The first-order valence-electron chi connectivity index (χ1n) is 23.3. The predicted molar refractivity (Wildman–Crippen MR) is 252 cm³/mol. The SMILES string of the molecule is COc1ccc(COc2c(F)cc(C(=O)NCC3CCC(n4cc5ccc(-c6cnc(OCCN7CCN(C(=O)c8ccc(C)c(N9CCC(=O)NC9=O)c8)CC7)nc6)cc5n4)CC3)c(F)c2F)cc1. The third-order valence-corrected chi connectivity index (χ3v) is 13.2. The van der Waals surface area contributed by atoms with Gasteiger partial charge in [-0.15, -0.1) is 0 Å². The number of hydrogen-bond acceptors (Lipinski definition) is 11. The Balaban J connectivity index is 0.706. The summed E-state index contributed by atoms with van der Waals surface area (Å²) in [6, 6.07) is 18.5. The van der Waals surface area contributed by atoms with Crippen molar-refractivity contribution in [2.24, 2.45) is 5.92 Å². The van der Waals surface area contributed by atoms with Gasteiger partial charge >= 0.3 is 12.0 Å². The van der Waals surface area contributed by atoms with E-state index in [2.05, 4.69) is 25.5 Å². The summed E-state index contributed by atoms with van der Waals surface area (Å²) in [5.74, 6) is -5.73. The lowest BCUT2D eigenvalue weighted by Crippen LogP contribution is -2.50. The number of ether oxygens (including phenoxy) is 3. The maximum atomic E-state index is 15.0. The Bertz CT molecular complexity index is 2900. The van der Waals surface area contributed by atoms with Crippen molar-refractivity contribution in [3.8, 4) is 28.6 Å².